The largest absolute Gasteiger partial charge is 0.380 e. The minimum atomic E-state index is -0.492. The molecule has 18 heavy (non-hydrogen) atoms. The molecule has 2 heterocycles. The molecule has 2 aliphatic rings. The average Bonchev–Trinajstić information content (AvgIpc) is 2.49. The van der Waals surface area contributed by atoms with Crippen LogP contribution in [0.1, 0.15) is 0 Å². The van der Waals surface area contributed by atoms with Gasteiger partial charge in [-0.25, -0.2) is 4.79 Å². The second-order valence-corrected chi connectivity index (χ2v) is 4.79. The van der Waals surface area contributed by atoms with E-state index < -0.39 is 11.8 Å². The van der Waals surface area contributed by atoms with E-state index in [0.29, 0.717) is 19.0 Å². The van der Waals surface area contributed by atoms with E-state index in [0.717, 1.165) is 0 Å². The Kier molecular flexibility index (Phi) is 4.08. The van der Waals surface area contributed by atoms with Crippen molar-refractivity contribution in [1.29, 1.82) is 0 Å². The van der Waals surface area contributed by atoms with E-state index in [1.807, 2.05) is 6.08 Å². The number of amides is 3. The summed E-state index contributed by atoms with van der Waals surface area (Å²) in [4.78, 5) is 24.8. The number of urea groups is 1. The fourth-order valence-corrected chi connectivity index (χ4v) is 2.44. The van der Waals surface area contributed by atoms with Crippen molar-refractivity contribution in [3.63, 3.8) is 0 Å². The van der Waals surface area contributed by atoms with Crippen LogP contribution in [0.4, 0.5) is 4.79 Å². The number of carbonyl (C=O) groups is 2. The Bertz CT molecular complexity index is 375. The van der Waals surface area contributed by atoms with Crippen LogP contribution in [0.15, 0.2) is 12.3 Å². The first-order valence-electron chi connectivity index (χ1n) is 5.82. The van der Waals surface area contributed by atoms with Crippen LogP contribution >= 0.6 is 11.6 Å². The topological polar surface area (TPSA) is 84.7 Å². The molecular weight excluding hydrogens is 258 g/mol. The van der Waals surface area contributed by atoms with Crippen LogP contribution in [-0.2, 0) is 9.53 Å². The van der Waals surface area contributed by atoms with Gasteiger partial charge < -0.3 is 20.7 Å². The molecule has 3 N–H and O–H groups in total. The molecule has 7 heteroatoms. The fraction of sp³-hybridized carbons (Fsp3) is 0.636. The van der Waals surface area contributed by atoms with Gasteiger partial charge in [-0.1, -0.05) is 6.08 Å². The number of hydrogen-bond acceptors (Lipinski definition) is 3. The second kappa shape index (κ2) is 5.58. The van der Waals surface area contributed by atoms with Crippen LogP contribution in [0.2, 0.25) is 0 Å². The Morgan fingerprint density at radius 1 is 1.61 bits per heavy atom. The maximum Gasteiger partial charge on any atom is 0.321 e. The first-order chi connectivity index (χ1) is 8.63. The highest BCUT2D eigenvalue weighted by molar-refractivity contribution is 6.18. The molecule has 1 saturated heterocycles. The zero-order valence-corrected chi connectivity index (χ0v) is 10.6. The average molecular weight is 274 g/mol. The number of nitrogens with one attached hydrogen (secondary N) is 1. The number of hydrogen-bond donors (Lipinski definition) is 2. The van der Waals surface area contributed by atoms with E-state index in [9.17, 15) is 9.59 Å². The summed E-state index contributed by atoms with van der Waals surface area (Å²) in [6.45, 7) is 1.14. The zero-order chi connectivity index (χ0) is 13.1. The van der Waals surface area contributed by atoms with Gasteiger partial charge in [0, 0.05) is 24.5 Å². The highest BCUT2D eigenvalue weighted by Gasteiger charge is 2.39. The lowest BCUT2D eigenvalue weighted by Crippen LogP contribution is -2.55. The van der Waals surface area contributed by atoms with Crippen LogP contribution in [-0.4, -0.2) is 48.5 Å². The van der Waals surface area contributed by atoms with E-state index in [-0.39, 0.29) is 24.6 Å². The quantitative estimate of drug-likeness (QED) is 0.703. The van der Waals surface area contributed by atoms with Crippen molar-refractivity contribution in [3.8, 4) is 0 Å². The molecule has 0 radical (unpaired) electrons. The van der Waals surface area contributed by atoms with Crippen LogP contribution in [0.5, 0.6) is 0 Å². The molecule has 0 aromatic heterocycles. The Morgan fingerprint density at radius 3 is 3.06 bits per heavy atom. The summed E-state index contributed by atoms with van der Waals surface area (Å²) in [6, 6.07) is -0.562. The molecule has 0 aromatic carbocycles. The van der Waals surface area contributed by atoms with Gasteiger partial charge in [-0.05, 0) is 0 Å². The predicted molar refractivity (Wildman–Crippen MR) is 65.9 cm³/mol. The molecule has 0 aliphatic carbocycles. The lowest BCUT2D eigenvalue weighted by Gasteiger charge is -2.34. The maximum atomic E-state index is 11.9. The van der Waals surface area contributed by atoms with Gasteiger partial charge in [-0.2, -0.15) is 0 Å². The van der Waals surface area contributed by atoms with Gasteiger partial charge in [-0.3, -0.25) is 4.79 Å². The van der Waals surface area contributed by atoms with Crippen LogP contribution in [0, 0.1) is 11.8 Å². The molecule has 0 bridgehead atoms. The SMILES string of the molecule is NC(=O)C1COCC2C=CN(CCCl)C(=O)NC21. The van der Waals surface area contributed by atoms with Crippen molar-refractivity contribution in [2.45, 2.75) is 6.04 Å². The number of ether oxygens (including phenoxy) is 1. The predicted octanol–water partition coefficient (Wildman–Crippen LogP) is -0.119. The van der Waals surface area contributed by atoms with Crippen LogP contribution < -0.4 is 11.1 Å². The normalized spacial score (nSPS) is 31.5. The summed E-state index contributed by atoms with van der Waals surface area (Å²) in [7, 11) is 0. The van der Waals surface area contributed by atoms with Gasteiger partial charge in [0.05, 0.1) is 25.2 Å². The van der Waals surface area contributed by atoms with Crippen molar-refractivity contribution in [3.05, 3.63) is 12.3 Å². The lowest BCUT2D eigenvalue weighted by molar-refractivity contribution is -0.128. The number of primary amides is 1. The van der Waals surface area contributed by atoms with Gasteiger partial charge in [0.2, 0.25) is 5.91 Å². The van der Waals surface area contributed by atoms with Crippen molar-refractivity contribution in [1.82, 2.24) is 10.2 Å². The Labute approximate surface area is 110 Å². The summed E-state index contributed by atoms with van der Waals surface area (Å²) < 4.78 is 5.35. The first kappa shape index (κ1) is 13.2. The third kappa shape index (κ3) is 2.59. The minimum Gasteiger partial charge on any atom is -0.380 e. The Morgan fingerprint density at radius 2 is 2.39 bits per heavy atom. The summed E-state index contributed by atoms with van der Waals surface area (Å²) in [5.41, 5.74) is 5.33. The summed E-state index contributed by atoms with van der Waals surface area (Å²) in [6.07, 6.45) is 3.55. The highest BCUT2D eigenvalue weighted by atomic mass is 35.5. The number of nitrogens with zero attached hydrogens (tertiary/aromatic N) is 1. The van der Waals surface area contributed by atoms with Crippen LogP contribution in [0.3, 0.4) is 0 Å². The van der Waals surface area contributed by atoms with E-state index >= 15 is 0 Å². The van der Waals surface area contributed by atoms with Gasteiger partial charge in [-0.15, -0.1) is 11.6 Å². The monoisotopic (exact) mass is 273 g/mol. The molecule has 0 aromatic rings. The molecule has 0 saturated carbocycles. The van der Waals surface area contributed by atoms with Crippen molar-refractivity contribution < 1.29 is 14.3 Å². The maximum absolute atomic E-state index is 11.9. The van der Waals surface area contributed by atoms with Gasteiger partial charge in [0.25, 0.3) is 0 Å². The van der Waals surface area contributed by atoms with Gasteiger partial charge >= 0.3 is 6.03 Å². The van der Waals surface area contributed by atoms with E-state index in [1.54, 1.807) is 6.20 Å². The number of halogens is 1. The molecule has 1 fully saturated rings. The summed E-state index contributed by atoms with van der Waals surface area (Å²) >= 11 is 5.63. The smallest absolute Gasteiger partial charge is 0.321 e. The molecule has 0 spiro atoms. The van der Waals surface area contributed by atoms with E-state index in [1.165, 1.54) is 4.90 Å². The molecular formula is C11H16ClN3O3. The lowest BCUT2D eigenvalue weighted by atomic mass is 9.86. The molecule has 100 valence electrons. The third-order valence-corrected chi connectivity index (χ3v) is 3.43. The Balaban J connectivity index is 2.17. The summed E-state index contributed by atoms with van der Waals surface area (Å²) in [5.74, 6) is -0.638. The molecule has 3 amide bonds. The van der Waals surface area contributed by atoms with Gasteiger partial charge in [0.15, 0.2) is 0 Å². The first-order valence-corrected chi connectivity index (χ1v) is 6.35. The second-order valence-electron chi connectivity index (χ2n) is 4.41. The third-order valence-electron chi connectivity index (χ3n) is 3.26. The van der Waals surface area contributed by atoms with Crippen LogP contribution in [0.25, 0.3) is 0 Å². The molecule has 6 nitrogen and oxygen atoms in total. The number of rotatable bonds is 3. The highest BCUT2D eigenvalue weighted by Crippen LogP contribution is 2.24. The molecule has 2 aliphatic heterocycles. The standard InChI is InChI=1S/C11H16ClN3O3/c12-2-4-15-3-1-7-5-18-6-8(10(13)16)9(7)14-11(15)17/h1,3,7-9H,2,4-6H2,(H2,13,16)(H,14,17). The zero-order valence-electron chi connectivity index (χ0n) is 9.84. The minimum absolute atomic E-state index is 0.0412. The van der Waals surface area contributed by atoms with E-state index in [4.69, 9.17) is 22.1 Å². The summed E-state index contributed by atoms with van der Waals surface area (Å²) in [5, 5.41) is 2.83. The number of carbonyl (C=O) groups excluding carboxylic acids is 2. The fourth-order valence-electron chi connectivity index (χ4n) is 2.25. The van der Waals surface area contributed by atoms with E-state index in [2.05, 4.69) is 5.32 Å². The molecule has 3 atom stereocenters. The van der Waals surface area contributed by atoms with Crippen molar-refractivity contribution in [2.75, 3.05) is 25.6 Å². The Hall–Kier alpha value is -1.27. The number of fused-ring (bicyclic) bond motifs is 1. The van der Waals surface area contributed by atoms with Crippen molar-refractivity contribution in [2.24, 2.45) is 17.6 Å². The van der Waals surface area contributed by atoms with Crippen molar-refractivity contribution >= 4 is 23.5 Å². The molecule has 3 unspecified atom stereocenters. The van der Waals surface area contributed by atoms with Gasteiger partial charge in [0.1, 0.15) is 0 Å². The number of alkyl halides is 1. The molecule has 2 rings (SSSR count). The number of nitrogens with two attached hydrogens (primary N) is 1.